The van der Waals surface area contributed by atoms with Crippen molar-refractivity contribution < 1.29 is 9.59 Å². The molecule has 5 N–H and O–H groups in total. The number of nitrogens with two attached hydrogens (primary N) is 2. The molecule has 0 spiro atoms. The monoisotopic (exact) mass is 290 g/mol. The Balaban J connectivity index is 2.12. The minimum atomic E-state index is -0.630. The maximum atomic E-state index is 12.3. The molecule has 1 aliphatic heterocycles. The van der Waals surface area contributed by atoms with Gasteiger partial charge in [-0.25, -0.2) is 4.79 Å². The molecule has 1 heterocycles. The maximum absolute atomic E-state index is 12.3. The van der Waals surface area contributed by atoms with Crippen LogP contribution in [0, 0.1) is 6.92 Å². The lowest BCUT2D eigenvalue weighted by Gasteiger charge is -2.23. The largest absolute Gasteiger partial charge is 0.352 e. The van der Waals surface area contributed by atoms with E-state index < -0.39 is 12.1 Å². The molecule has 2 rings (SSSR count). The fourth-order valence-corrected chi connectivity index (χ4v) is 2.71. The van der Waals surface area contributed by atoms with E-state index in [0.29, 0.717) is 13.1 Å². The molecule has 1 aromatic carbocycles. The van der Waals surface area contributed by atoms with E-state index in [2.05, 4.69) is 5.32 Å². The zero-order chi connectivity index (χ0) is 15.4. The second-order valence-electron chi connectivity index (χ2n) is 5.51. The number of primary amides is 1. The maximum Gasteiger partial charge on any atom is 0.312 e. The van der Waals surface area contributed by atoms with Gasteiger partial charge < -0.3 is 21.7 Å². The third-order valence-electron chi connectivity index (χ3n) is 3.84. The van der Waals surface area contributed by atoms with Gasteiger partial charge in [-0.3, -0.25) is 4.79 Å². The van der Waals surface area contributed by atoms with E-state index in [-0.39, 0.29) is 18.4 Å². The minimum Gasteiger partial charge on any atom is -0.352 e. The van der Waals surface area contributed by atoms with E-state index in [9.17, 15) is 9.59 Å². The van der Waals surface area contributed by atoms with Crippen molar-refractivity contribution in [3.8, 4) is 0 Å². The molecular weight excluding hydrogens is 268 g/mol. The summed E-state index contributed by atoms with van der Waals surface area (Å²) >= 11 is 0. The van der Waals surface area contributed by atoms with Crippen molar-refractivity contribution >= 4 is 11.9 Å². The Morgan fingerprint density at radius 1 is 1.43 bits per heavy atom. The van der Waals surface area contributed by atoms with Crippen molar-refractivity contribution in [3.63, 3.8) is 0 Å². The van der Waals surface area contributed by atoms with Gasteiger partial charge >= 0.3 is 6.03 Å². The number of nitrogens with zero attached hydrogens (tertiary/aromatic N) is 1. The van der Waals surface area contributed by atoms with Crippen LogP contribution in [0.4, 0.5) is 4.79 Å². The number of nitrogens with one attached hydrogen (secondary N) is 1. The molecule has 114 valence electrons. The lowest BCUT2D eigenvalue weighted by molar-refractivity contribution is -0.130. The zero-order valence-corrected chi connectivity index (χ0v) is 12.2. The van der Waals surface area contributed by atoms with Crippen LogP contribution in [0.1, 0.15) is 30.0 Å². The number of carbonyl (C=O) groups is 2. The van der Waals surface area contributed by atoms with Crippen LogP contribution in [0.2, 0.25) is 0 Å². The van der Waals surface area contributed by atoms with E-state index in [4.69, 9.17) is 11.5 Å². The first kappa shape index (κ1) is 15.3. The van der Waals surface area contributed by atoms with Crippen molar-refractivity contribution in [1.29, 1.82) is 0 Å². The Bertz CT molecular complexity index is 532. The summed E-state index contributed by atoms with van der Waals surface area (Å²) in [4.78, 5) is 25.3. The standard InChI is InChI=1S/C15H22N4O2/c1-10-4-2-3-5-12(10)13(18-15(17)21)8-14(20)19-7-6-11(16)9-19/h2-5,11,13H,6-9,16H2,1H3,(H3,17,18,21)/t11-,13?/m1/s1. The number of likely N-dealkylation sites (tertiary alicyclic amines) is 1. The summed E-state index contributed by atoms with van der Waals surface area (Å²) in [5, 5.41) is 2.66. The Morgan fingerprint density at radius 2 is 2.14 bits per heavy atom. The van der Waals surface area contributed by atoms with Gasteiger partial charge in [0.2, 0.25) is 5.91 Å². The van der Waals surface area contributed by atoms with Gasteiger partial charge in [-0.1, -0.05) is 24.3 Å². The van der Waals surface area contributed by atoms with Crippen LogP contribution in [-0.4, -0.2) is 36.0 Å². The number of rotatable bonds is 4. The van der Waals surface area contributed by atoms with Gasteiger partial charge in [0, 0.05) is 19.1 Å². The highest BCUT2D eigenvalue weighted by Gasteiger charge is 2.27. The molecule has 1 unspecified atom stereocenters. The normalized spacial score (nSPS) is 19.3. The number of benzene rings is 1. The van der Waals surface area contributed by atoms with Crippen LogP contribution in [-0.2, 0) is 4.79 Å². The fraction of sp³-hybridized carbons (Fsp3) is 0.467. The third-order valence-corrected chi connectivity index (χ3v) is 3.84. The van der Waals surface area contributed by atoms with Gasteiger partial charge in [0.25, 0.3) is 0 Å². The quantitative estimate of drug-likeness (QED) is 0.759. The third kappa shape index (κ3) is 3.95. The predicted octanol–water partition coefficient (Wildman–Crippen LogP) is 0.654. The average molecular weight is 290 g/mol. The molecule has 3 amide bonds. The summed E-state index contributed by atoms with van der Waals surface area (Å²) in [6, 6.07) is 6.66. The lowest BCUT2D eigenvalue weighted by atomic mass is 9.98. The molecule has 1 fully saturated rings. The fourth-order valence-electron chi connectivity index (χ4n) is 2.71. The van der Waals surface area contributed by atoms with Gasteiger partial charge in [0.1, 0.15) is 0 Å². The summed E-state index contributed by atoms with van der Waals surface area (Å²) in [6.07, 6.45) is 1.02. The Morgan fingerprint density at radius 3 is 2.71 bits per heavy atom. The van der Waals surface area contributed by atoms with Gasteiger partial charge in [-0.15, -0.1) is 0 Å². The van der Waals surface area contributed by atoms with Gasteiger partial charge in [-0.2, -0.15) is 0 Å². The van der Waals surface area contributed by atoms with E-state index in [0.717, 1.165) is 17.5 Å². The SMILES string of the molecule is Cc1ccccc1C(CC(=O)N1CC[C@@H](N)C1)NC(N)=O. The van der Waals surface area contributed by atoms with Gasteiger partial charge in [0.15, 0.2) is 0 Å². The van der Waals surface area contributed by atoms with Crippen LogP contribution >= 0.6 is 0 Å². The van der Waals surface area contributed by atoms with Crippen LogP contribution in [0.5, 0.6) is 0 Å². The molecule has 0 aromatic heterocycles. The summed E-state index contributed by atoms with van der Waals surface area (Å²) in [5.41, 5.74) is 13.0. The first-order valence-corrected chi connectivity index (χ1v) is 7.12. The van der Waals surface area contributed by atoms with E-state index in [1.54, 1.807) is 4.90 Å². The van der Waals surface area contributed by atoms with Crippen molar-refractivity contribution in [2.45, 2.75) is 31.8 Å². The van der Waals surface area contributed by atoms with Crippen LogP contribution in [0.25, 0.3) is 0 Å². The Labute approximate surface area is 124 Å². The Hall–Kier alpha value is -2.08. The Kier molecular flexibility index (Phi) is 4.80. The molecule has 6 heteroatoms. The summed E-state index contributed by atoms with van der Waals surface area (Å²) in [7, 11) is 0. The summed E-state index contributed by atoms with van der Waals surface area (Å²) < 4.78 is 0. The lowest BCUT2D eigenvalue weighted by Crippen LogP contribution is -2.38. The second kappa shape index (κ2) is 6.58. The number of aryl methyl sites for hydroxylation is 1. The molecule has 0 saturated carbocycles. The molecule has 0 bridgehead atoms. The van der Waals surface area contributed by atoms with Gasteiger partial charge in [0.05, 0.1) is 12.5 Å². The second-order valence-corrected chi connectivity index (χ2v) is 5.51. The van der Waals surface area contributed by atoms with Crippen molar-refractivity contribution in [2.24, 2.45) is 11.5 Å². The van der Waals surface area contributed by atoms with Crippen molar-refractivity contribution in [1.82, 2.24) is 10.2 Å². The van der Waals surface area contributed by atoms with E-state index >= 15 is 0 Å². The molecule has 2 atom stereocenters. The van der Waals surface area contributed by atoms with Crippen LogP contribution < -0.4 is 16.8 Å². The van der Waals surface area contributed by atoms with E-state index in [1.165, 1.54) is 0 Å². The first-order valence-electron chi connectivity index (χ1n) is 7.12. The minimum absolute atomic E-state index is 0.00930. The first-order chi connectivity index (χ1) is 9.97. The number of urea groups is 1. The topological polar surface area (TPSA) is 101 Å². The van der Waals surface area contributed by atoms with Crippen LogP contribution in [0.3, 0.4) is 0 Å². The van der Waals surface area contributed by atoms with Crippen LogP contribution in [0.15, 0.2) is 24.3 Å². The molecule has 1 saturated heterocycles. The molecule has 6 nitrogen and oxygen atoms in total. The molecule has 1 aromatic rings. The number of carbonyl (C=O) groups excluding carboxylic acids is 2. The highest BCUT2D eigenvalue weighted by molar-refractivity contribution is 5.79. The van der Waals surface area contributed by atoms with Gasteiger partial charge in [-0.05, 0) is 24.5 Å². The predicted molar refractivity (Wildman–Crippen MR) is 80.4 cm³/mol. The average Bonchev–Trinajstić information content (AvgIpc) is 2.85. The molecule has 21 heavy (non-hydrogen) atoms. The van der Waals surface area contributed by atoms with Crippen molar-refractivity contribution in [3.05, 3.63) is 35.4 Å². The van der Waals surface area contributed by atoms with E-state index in [1.807, 2.05) is 31.2 Å². The zero-order valence-electron chi connectivity index (χ0n) is 12.2. The molecular formula is C15H22N4O2. The highest BCUT2D eigenvalue weighted by Crippen LogP contribution is 2.22. The highest BCUT2D eigenvalue weighted by atomic mass is 16.2. The summed E-state index contributed by atoms with van der Waals surface area (Å²) in [5.74, 6) is -0.00930. The summed E-state index contributed by atoms with van der Waals surface area (Å²) in [6.45, 7) is 3.20. The molecule has 1 aliphatic rings. The number of amides is 3. The molecule has 0 radical (unpaired) electrons. The molecule has 0 aliphatic carbocycles. The number of hydrogen-bond acceptors (Lipinski definition) is 3. The smallest absolute Gasteiger partial charge is 0.312 e. The van der Waals surface area contributed by atoms with Crippen molar-refractivity contribution in [2.75, 3.05) is 13.1 Å². The number of hydrogen-bond donors (Lipinski definition) is 3.